The van der Waals surface area contributed by atoms with Crippen LogP contribution < -0.4 is 4.74 Å². The van der Waals surface area contributed by atoms with E-state index in [1.807, 2.05) is 53.2 Å². The number of aromatic nitrogens is 2. The molecule has 1 aliphatic rings. The number of alkyl halides is 3. The second-order valence-corrected chi connectivity index (χ2v) is 9.42. The summed E-state index contributed by atoms with van der Waals surface area (Å²) in [6, 6.07) is 15.4. The lowest BCUT2D eigenvalue weighted by Gasteiger charge is -2.32. The van der Waals surface area contributed by atoms with Crippen LogP contribution >= 0.6 is 11.6 Å². The molecular formula is C29H22ClF3N2O3. The Labute approximate surface area is 221 Å². The van der Waals surface area contributed by atoms with E-state index in [9.17, 15) is 18.0 Å². The lowest BCUT2D eigenvalue weighted by molar-refractivity contribution is -0.274. The lowest BCUT2D eigenvalue weighted by Crippen LogP contribution is -2.18. The fraction of sp³-hybridized carbons (Fsp3) is 0.172. The van der Waals surface area contributed by atoms with Crippen molar-refractivity contribution in [3.63, 3.8) is 0 Å². The van der Waals surface area contributed by atoms with Crippen molar-refractivity contribution < 1.29 is 27.8 Å². The molecular weight excluding hydrogens is 517 g/mol. The van der Waals surface area contributed by atoms with Gasteiger partial charge in [-0.2, -0.15) is 0 Å². The van der Waals surface area contributed by atoms with Gasteiger partial charge in [0.2, 0.25) is 0 Å². The Bertz CT molecular complexity index is 1550. The molecule has 2 aromatic carbocycles. The number of imidazole rings is 1. The van der Waals surface area contributed by atoms with E-state index in [0.717, 1.165) is 58.8 Å². The fourth-order valence-corrected chi connectivity index (χ4v) is 4.91. The number of aliphatic carboxylic acids is 1. The molecule has 0 unspecified atom stereocenters. The van der Waals surface area contributed by atoms with Crippen molar-refractivity contribution in [1.82, 2.24) is 9.38 Å². The quantitative estimate of drug-likeness (QED) is 0.193. The standard InChI is InChI=1S/C29H22ClF3N2O3/c30-24-16-22(38-29(31,32)33)10-11-23(24)28(19-2-1-3-19)27(21-9-12-25-34-14-15-35(25)17-21)20-7-4-18(5-8-20)6-13-26(36)37/h4-17,19H,1-3H2,(H,36,37)/b13-6+,28-27+. The maximum Gasteiger partial charge on any atom is 0.573 e. The average molecular weight is 539 g/mol. The lowest BCUT2D eigenvalue weighted by atomic mass is 9.73. The molecule has 0 aliphatic heterocycles. The van der Waals surface area contributed by atoms with Crippen LogP contribution in [-0.2, 0) is 4.79 Å². The van der Waals surface area contributed by atoms with Gasteiger partial charge in [-0.3, -0.25) is 0 Å². The molecule has 194 valence electrons. The number of hydrogen-bond donors (Lipinski definition) is 1. The Balaban J connectivity index is 1.71. The molecule has 38 heavy (non-hydrogen) atoms. The van der Waals surface area contributed by atoms with Crippen LogP contribution in [0.15, 0.2) is 79.3 Å². The van der Waals surface area contributed by atoms with Crippen LogP contribution in [0.25, 0.3) is 22.9 Å². The van der Waals surface area contributed by atoms with Gasteiger partial charge in [-0.1, -0.05) is 42.3 Å². The van der Waals surface area contributed by atoms with Gasteiger partial charge in [0, 0.05) is 24.7 Å². The molecule has 4 aromatic rings. The third-order valence-electron chi connectivity index (χ3n) is 6.54. The Morgan fingerprint density at radius 3 is 2.45 bits per heavy atom. The number of halogens is 4. The Hall–Kier alpha value is -4.04. The summed E-state index contributed by atoms with van der Waals surface area (Å²) in [6.45, 7) is 0. The second kappa shape index (κ2) is 10.4. The molecule has 0 radical (unpaired) electrons. The molecule has 2 aromatic heterocycles. The minimum Gasteiger partial charge on any atom is -0.478 e. The number of benzene rings is 2. The number of carboxylic acid groups (broad SMARTS) is 1. The maximum atomic E-state index is 12.8. The molecule has 1 saturated carbocycles. The molecule has 0 amide bonds. The third kappa shape index (κ3) is 5.60. The first kappa shape index (κ1) is 25.6. The number of rotatable bonds is 7. The zero-order valence-corrected chi connectivity index (χ0v) is 20.7. The summed E-state index contributed by atoms with van der Waals surface area (Å²) >= 11 is 6.61. The van der Waals surface area contributed by atoms with E-state index >= 15 is 0 Å². The van der Waals surface area contributed by atoms with Gasteiger partial charge in [0.05, 0.1) is 5.02 Å². The average Bonchev–Trinajstić information content (AvgIpc) is 3.29. The zero-order valence-electron chi connectivity index (χ0n) is 20.0. The van der Waals surface area contributed by atoms with E-state index in [0.29, 0.717) is 5.56 Å². The number of hydrogen-bond acceptors (Lipinski definition) is 3. The minimum atomic E-state index is -4.82. The van der Waals surface area contributed by atoms with Crippen molar-refractivity contribution in [1.29, 1.82) is 0 Å². The summed E-state index contributed by atoms with van der Waals surface area (Å²) in [5.41, 5.74) is 5.72. The van der Waals surface area contributed by atoms with Crippen molar-refractivity contribution in [2.45, 2.75) is 25.6 Å². The van der Waals surface area contributed by atoms with Crippen LogP contribution in [0.1, 0.15) is 41.5 Å². The number of fused-ring (bicyclic) bond motifs is 1. The summed E-state index contributed by atoms with van der Waals surface area (Å²) in [5.74, 6) is -1.26. The summed E-state index contributed by atoms with van der Waals surface area (Å²) in [4.78, 5) is 15.2. The first-order valence-electron chi connectivity index (χ1n) is 11.9. The van der Waals surface area contributed by atoms with Gasteiger partial charge in [0.1, 0.15) is 11.4 Å². The van der Waals surface area contributed by atoms with Crippen molar-refractivity contribution in [2.24, 2.45) is 5.92 Å². The van der Waals surface area contributed by atoms with E-state index in [2.05, 4.69) is 9.72 Å². The molecule has 9 heteroatoms. The number of ether oxygens (including phenoxy) is 1. The number of allylic oxidation sites excluding steroid dienone is 1. The molecule has 0 spiro atoms. The predicted octanol–water partition coefficient (Wildman–Crippen LogP) is 7.74. The molecule has 5 nitrogen and oxygen atoms in total. The third-order valence-corrected chi connectivity index (χ3v) is 6.85. The maximum absolute atomic E-state index is 12.8. The van der Waals surface area contributed by atoms with Crippen molar-refractivity contribution >= 4 is 40.4 Å². The topological polar surface area (TPSA) is 63.8 Å². The highest BCUT2D eigenvalue weighted by Gasteiger charge is 2.32. The molecule has 1 aliphatic carbocycles. The normalized spacial score (nSPS) is 14.9. The van der Waals surface area contributed by atoms with Gasteiger partial charge >= 0.3 is 12.3 Å². The van der Waals surface area contributed by atoms with Crippen molar-refractivity contribution in [2.75, 3.05) is 0 Å². The molecule has 5 rings (SSSR count). The Morgan fingerprint density at radius 1 is 1.08 bits per heavy atom. The van der Waals surface area contributed by atoms with E-state index in [4.69, 9.17) is 16.7 Å². The van der Waals surface area contributed by atoms with Crippen LogP contribution in [0.4, 0.5) is 13.2 Å². The Morgan fingerprint density at radius 2 is 1.82 bits per heavy atom. The van der Waals surface area contributed by atoms with Gasteiger partial charge in [0.15, 0.2) is 0 Å². The van der Waals surface area contributed by atoms with Gasteiger partial charge < -0.3 is 14.2 Å². The van der Waals surface area contributed by atoms with Crippen molar-refractivity contribution in [3.05, 3.63) is 107 Å². The summed E-state index contributed by atoms with van der Waals surface area (Å²) in [7, 11) is 0. The van der Waals surface area contributed by atoms with Crippen molar-refractivity contribution in [3.8, 4) is 5.75 Å². The van der Waals surface area contributed by atoms with Crippen LogP contribution in [0.3, 0.4) is 0 Å². The highest BCUT2D eigenvalue weighted by molar-refractivity contribution is 6.33. The van der Waals surface area contributed by atoms with Crippen LogP contribution in [0.2, 0.25) is 5.02 Å². The minimum absolute atomic E-state index is 0.155. The van der Waals surface area contributed by atoms with E-state index in [1.54, 1.807) is 12.3 Å². The second-order valence-electron chi connectivity index (χ2n) is 9.01. The monoisotopic (exact) mass is 538 g/mol. The summed E-state index contributed by atoms with van der Waals surface area (Å²) in [5, 5.41) is 9.11. The number of carbonyl (C=O) groups is 1. The number of pyridine rings is 1. The van der Waals surface area contributed by atoms with E-state index in [1.165, 1.54) is 18.2 Å². The smallest absolute Gasteiger partial charge is 0.478 e. The van der Waals surface area contributed by atoms with Crippen LogP contribution in [-0.4, -0.2) is 26.8 Å². The predicted molar refractivity (Wildman–Crippen MR) is 140 cm³/mol. The molecule has 0 bridgehead atoms. The summed E-state index contributed by atoms with van der Waals surface area (Å²) < 4.78 is 44.4. The molecule has 0 atom stereocenters. The molecule has 1 fully saturated rings. The largest absolute Gasteiger partial charge is 0.573 e. The first-order chi connectivity index (χ1) is 18.2. The fourth-order valence-electron chi connectivity index (χ4n) is 4.64. The van der Waals surface area contributed by atoms with E-state index in [-0.39, 0.29) is 16.7 Å². The zero-order chi connectivity index (χ0) is 26.9. The summed E-state index contributed by atoms with van der Waals surface area (Å²) in [6.07, 6.45) is 6.15. The van der Waals surface area contributed by atoms with Crippen LogP contribution in [0.5, 0.6) is 5.75 Å². The van der Waals surface area contributed by atoms with E-state index < -0.39 is 12.3 Å². The molecule has 1 N–H and O–H groups in total. The first-order valence-corrected chi connectivity index (χ1v) is 12.3. The Kier molecular flexibility index (Phi) is 6.99. The van der Waals surface area contributed by atoms with Gasteiger partial charge in [0.25, 0.3) is 0 Å². The molecule has 2 heterocycles. The highest BCUT2D eigenvalue weighted by atomic mass is 35.5. The number of nitrogens with zero attached hydrogens (tertiary/aromatic N) is 2. The van der Waals surface area contributed by atoms with Gasteiger partial charge in [-0.15, -0.1) is 13.2 Å². The van der Waals surface area contributed by atoms with Gasteiger partial charge in [-0.05, 0) is 88.6 Å². The van der Waals surface area contributed by atoms with Gasteiger partial charge in [-0.25, -0.2) is 9.78 Å². The highest BCUT2D eigenvalue weighted by Crippen LogP contribution is 2.47. The SMILES string of the molecule is O=C(O)/C=C/c1ccc(/C(=C(\c2ccc(OC(F)(F)F)cc2Cl)C2CCC2)c2ccc3nccn3c2)cc1. The number of carboxylic acids is 1. The van der Waals surface area contributed by atoms with Crippen LogP contribution in [0, 0.1) is 5.92 Å². The molecule has 0 saturated heterocycles.